The highest BCUT2D eigenvalue weighted by atomic mass is 32.2. The number of hydrogen-bond donors (Lipinski definition) is 1. The molecular weight excluding hydrogens is 340 g/mol. The lowest BCUT2D eigenvalue weighted by Gasteiger charge is -2.15. The fourth-order valence-corrected chi connectivity index (χ4v) is 4.38. The highest BCUT2D eigenvalue weighted by Gasteiger charge is 2.27. The van der Waals surface area contributed by atoms with Crippen molar-refractivity contribution in [2.45, 2.75) is 24.3 Å². The van der Waals surface area contributed by atoms with Gasteiger partial charge in [0.25, 0.3) is 0 Å². The number of anilines is 1. The van der Waals surface area contributed by atoms with Crippen molar-refractivity contribution in [2.75, 3.05) is 18.4 Å². The maximum absolute atomic E-state index is 12.5. The van der Waals surface area contributed by atoms with Crippen LogP contribution in [-0.2, 0) is 16.6 Å². The Morgan fingerprint density at radius 1 is 1.04 bits per heavy atom. The van der Waals surface area contributed by atoms with Gasteiger partial charge in [0.1, 0.15) is 10.7 Å². The van der Waals surface area contributed by atoms with Crippen LogP contribution in [0.2, 0.25) is 0 Å². The number of fused-ring (bicyclic) bond motifs is 1. The second kappa shape index (κ2) is 6.41. The van der Waals surface area contributed by atoms with Crippen LogP contribution in [0.15, 0.2) is 47.8 Å². The molecule has 0 atom stereocenters. The van der Waals surface area contributed by atoms with E-state index in [0.29, 0.717) is 25.5 Å². The van der Waals surface area contributed by atoms with Crippen LogP contribution in [0.5, 0.6) is 0 Å². The zero-order chi connectivity index (χ0) is 17.3. The first-order valence-corrected chi connectivity index (χ1v) is 9.56. The third-order valence-corrected chi connectivity index (χ3v) is 6.14. The second-order valence-electron chi connectivity index (χ2n) is 5.88. The van der Waals surface area contributed by atoms with E-state index in [1.54, 1.807) is 29.0 Å². The molecule has 1 fully saturated rings. The summed E-state index contributed by atoms with van der Waals surface area (Å²) in [7, 11) is -3.42. The maximum atomic E-state index is 12.5. The van der Waals surface area contributed by atoms with Gasteiger partial charge in [0.15, 0.2) is 5.65 Å². The molecule has 130 valence electrons. The van der Waals surface area contributed by atoms with Gasteiger partial charge < -0.3 is 5.32 Å². The number of rotatable bonds is 5. The van der Waals surface area contributed by atoms with E-state index in [0.717, 1.165) is 24.2 Å². The molecule has 3 aromatic rings. The molecule has 0 aliphatic carbocycles. The van der Waals surface area contributed by atoms with Crippen LogP contribution in [-0.4, -0.2) is 45.4 Å². The zero-order valence-electron chi connectivity index (χ0n) is 13.5. The fraction of sp³-hybridized carbons (Fsp3) is 0.312. The van der Waals surface area contributed by atoms with Crippen molar-refractivity contribution in [2.24, 2.45) is 0 Å². The largest absolute Gasteiger partial charge is 0.364 e. The molecule has 0 saturated carbocycles. The first-order chi connectivity index (χ1) is 12.1. The van der Waals surface area contributed by atoms with Crippen molar-refractivity contribution in [1.82, 2.24) is 23.9 Å². The van der Waals surface area contributed by atoms with Crippen LogP contribution in [0, 0.1) is 0 Å². The first-order valence-electron chi connectivity index (χ1n) is 8.12. The molecular formula is C16H18N6O2S. The third kappa shape index (κ3) is 3.08. The minimum Gasteiger partial charge on any atom is -0.364 e. The van der Waals surface area contributed by atoms with Crippen LogP contribution in [0.25, 0.3) is 5.65 Å². The molecule has 1 saturated heterocycles. The van der Waals surface area contributed by atoms with Gasteiger partial charge in [-0.25, -0.2) is 22.9 Å². The predicted octanol–water partition coefficient (Wildman–Crippen LogP) is 1.52. The molecule has 1 N–H and O–H groups in total. The Hall–Kier alpha value is -2.52. The van der Waals surface area contributed by atoms with E-state index in [9.17, 15) is 8.42 Å². The highest BCUT2D eigenvalue weighted by Crippen LogP contribution is 2.21. The van der Waals surface area contributed by atoms with Crippen LogP contribution in [0.4, 0.5) is 5.82 Å². The molecule has 4 heterocycles. The van der Waals surface area contributed by atoms with Gasteiger partial charge in [0.2, 0.25) is 10.0 Å². The molecule has 0 amide bonds. The van der Waals surface area contributed by atoms with E-state index in [-0.39, 0.29) is 4.90 Å². The highest BCUT2D eigenvalue weighted by molar-refractivity contribution is 7.89. The summed E-state index contributed by atoms with van der Waals surface area (Å²) in [6, 6.07) is 6.99. The number of aromatic nitrogens is 4. The first kappa shape index (κ1) is 16.0. The number of sulfonamides is 1. The van der Waals surface area contributed by atoms with Gasteiger partial charge in [-0.3, -0.25) is 0 Å². The fourth-order valence-electron chi connectivity index (χ4n) is 2.92. The van der Waals surface area contributed by atoms with Gasteiger partial charge in [-0.2, -0.15) is 9.40 Å². The van der Waals surface area contributed by atoms with E-state index in [1.807, 2.05) is 12.1 Å². The molecule has 0 spiro atoms. The summed E-state index contributed by atoms with van der Waals surface area (Å²) in [5, 5.41) is 7.41. The second-order valence-corrected chi connectivity index (χ2v) is 7.82. The minimum absolute atomic E-state index is 0.235. The van der Waals surface area contributed by atoms with Gasteiger partial charge in [0.05, 0.1) is 18.4 Å². The minimum atomic E-state index is -3.42. The van der Waals surface area contributed by atoms with E-state index >= 15 is 0 Å². The van der Waals surface area contributed by atoms with Crippen LogP contribution in [0.3, 0.4) is 0 Å². The topological polar surface area (TPSA) is 92.5 Å². The van der Waals surface area contributed by atoms with E-state index in [2.05, 4.69) is 20.4 Å². The van der Waals surface area contributed by atoms with Gasteiger partial charge in [0, 0.05) is 31.5 Å². The number of pyridine rings is 1. The van der Waals surface area contributed by atoms with E-state index in [4.69, 9.17) is 0 Å². The SMILES string of the molecule is O=S(=O)(c1ccc(NCc2ccnc3ccnn23)nc1)N1CCCC1. The Bertz CT molecular complexity index is 977. The third-order valence-electron chi connectivity index (χ3n) is 4.26. The number of nitrogens with zero attached hydrogens (tertiary/aromatic N) is 5. The van der Waals surface area contributed by atoms with Crippen molar-refractivity contribution in [3.8, 4) is 0 Å². The molecule has 0 radical (unpaired) electrons. The Balaban J connectivity index is 1.48. The Labute approximate surface area is 145 Å². The maximum Gasteiger partial charge on any atom is 0.244 e. The molecule has 25 heavy (non-hydrogen) atoms. The average molecular weight is 358 g/mol. The molecule has 1 aliphatic heterocycles. The summed E-state index contributed by atoms with van der Waals surface area (Å²) < 4.78 is 28.2. The summed E-state index contributed by atoms with van der Waals surface area (Å²) in [5.74, 6) is 0.609. The monoisotopic (exact) mass is 358 g/mol. The van der Waals surface area contributed by atoms with Crippen LogP contribution in [0.1, 0.15) is 18.5 Å². The van der Waals surface area contributed by atoms with Crippen LogP contribution < -0.4 is 5.32 Å². The quantitative estimate of drug-likeness (QED) is 0.743. The summed E-state index contributed by atoms with van der Waals surface area (Å²) in [6.45, 7) is 1.68. The van der Waals surface area contributed by atoms with Gasteiger partial charge in [-0.15, -0.1) is 0 Å². The van der Waals surface area contributed by atoms with Crippen molar-refractivity contribution < 1.29 is 8.42 Å². The number of hydrogen-bond acceptors (Lipinski definition) is 6. The van der Waals surface area contributed by atoms with Crippen molar-refractivity contribution in [3.05, 3.63) is 48.5 Å². The Morgan fingerprint density at radius 2 is 1.88 bits per heavy atom. The van der Waals surface area contributed by atoms with E-state index < -0.39 is 10.0 Å². The van der Waals surface area contributed by atoms with Gasteiger partial charge >= 0.3 is 0 Å². The van der Waals surface area contributed by atoms with Gasteiger partial charge in [-0.1, -0.05) is 0 Å². The van der Waals surface area contributed by atoms with Gasteiger partial charge in [-0.05, 0) is 31.0 Å². The smallest absolute Gasteiger partial charge is 0.244 e. The van der Waals surface area contributed by atoms with Crippen molar-refractivity contribution >= 4 is 21.5 Å². The lowest BCUT2D eigenvalue weighted by atomic mass is 10.4. The molecule has 3 aromatic heterocycles. The summed E-state index contributed by atoms with van der Waals surface area (Å²) >= 11 is 0. The molecule has 0 unspecified atom stereocenters. The summed E-state index contributed by atoms with van der Waals surface area (Å²) in [4.78, 5) is 8.69. The average Bonchev–Trinajstić information content (AvgIpc) is 3.32. The van der Waals surface area contributed by atoms with Crippen LogP contribution >= 0.6 is 0 Å². The molecule has 9 heteroatoms. The Morgan fingerprint density at radius 3 is 2.64 bits per heavy atom. The predicted molar refractivity (Wildman–Crippen MR) is 92.5 cm³/mol. The number of nitrogens with one attached hydrogen (secondary N) is 1. The molecule has 1 aliphatic rings. The normalized spacial score (nSPS) is 15.7. The lowest BCUT2D eigenvalue weighted by molar-refractivity contribution is 0.477. The molecule has 0 bridgehead atoms. The lowest BCUT2D eigenvalue weighted by Crippen LogP contribution is -2.27. The summed E-state index contributed by atoms with van der Waals surface area (Å²) in [6.07, 6.45) is 6.67. The zero-order valence-corrected chi connectivity index (χ0v) is 14.4. The molecule has 8 nitrogen and oxygen atoms in total. The van der Waals surface area contributed by atoms with E-state index in [1.165, 1.54) is 10.5 Å². The van der Waals surface area contributed by atoms with Crippen molar-refractivity contribution in [1.29, 1.82) is 0 Å². The summed E-state index contributed by atoms with van der Waals surface area (Å²) in [5.41, 5.74) is 1.71. The standard InChI is InChI=1S/C16H18N6O2S/c23-25(24,21-9-1-2-10-21)14-3-4-15(19-12-14)18-11-13-5-7-17-16-6-8-20-22(13)16/h3-8,12H,1-2,9-11H2,(H,18,19). The molecule has 0 aromatic carbocycles. The molecule has 4 rings (SSSR count). The Kier molecular flexibility index (Phi) is 4.10. The van der Waals surface area contributed by atoms with Crippen molar-refractivity contribution in [3.63, 3.8) is 0 Å².